The van der Waals surface area contributed by atoms with Gasteiger partial charge in [0.25, 0.3) is 5.69 Å². The molecule has 0 heterocycles. The second-order valence-corrected chi connectivity index (χ2v) is 4.88. The lowest BCUT2D eigenvalue weighted by molar-refractivity contribution is -0.393. The van der Waals surface area contributed by atoms with E-state index in [2.05, 4.69) is 10.5 Å². The molecule has 2 rings (SSSR count). The van der Waals surface area contributed by atoms with Crippen LogP contribution in [0.5, 0.6) is 0 Å². The molecule has 0 fully saturated rings. The summed E-state index contributed by atoms with van der Waals surface area (Å²) in [5.74, 6) is 0. The molecule has 0 saturated heterocycles. The molecule has 0 aliphatic rings. The van der Waals surface area contributed by atoms with Crippen molar-refractivity contribution >= 4 is 29.4 Å². The van der Waals surface area contributed by atoms with Crippen LogP contribution in [0.4, 0.5) is 17.1 Å². The van der Waals surface area contributed by atoms with E-state index in [-0.39, 0.29) is 11.4 Å². The summed E-state index contributed by atoms with van der Waals surface area (Å²) in [6.07, 6.45) is 3.41. The topological polar surface area (TPSA) is 111 Å². The van der Waals surface area contributed by atoms with Gasteiger partial charge >= 0.3 is 5.69 Å². The van der Waals surface area contributed by atoms with E-state index >= 15 is 0 Å². The van der Waals surface area contributed by atoms with Gasteiger partial charge in [-0.15, -0.1) is 0 Å². The Labute approximate surface area is 137 Å². The van der Waals surface area contributed by atoms with E-state index in [1.807, 2.05) is 43.3 Å². The van der Waals surface area contributed by atoms with Crippen molar-refractivity contribution < 1.29 is 9.85 Å². The number of allylic oxidation sites excluding steroid dienone is 1. The molecule has 0 radical (unpaired) electrons. The van der Waals surface area contributed by atoms with Gasteiger partial charge in [-0.05, 0) is 24.1 Å². The molecular weight excluding hydrogens is 312 g/mol. The zero-order valence-corrected chi connectivity index (χ0v) is 12.7. The number of non-ortho nitro benzene ring substituents is 1. The Balaban J connectivity index is 2.15. The van der Waals surface area contributed by atoms with Gasteiger partial charge in [0, 0.05) is 6.07 Å². The maximum absolute atomic E-state index is 11.0. The first-order valence-corrected chi connectivity index (χ1v) is 6.92. The lowest BCUT2D eigenvalue weighted by Crippen LogP contribution is -1.98. The first-order chi connectivity index (χ1) is 11.5. The standard InChI is InChI=1S/C16H14N4O4/c1-12(9-13-5-3-2-4-6-13)11-17-18-15-8-7-14(19(21)22)10-16(15)20(23)24/h2-11,18H,1H3/b12-9+,17-11+. The number of hydrogen-bond acceptors (Lipinski definition) is 6. The predicted octanol–water partition coefficient (Wildman–Crippen LogP) is 4.00. The maximum atomic E-state index is 11.0. The van der Waals surface area contributed by atoms with Crippen LogP contribution >= 0.6 is 0 Å². The Bertz CT molecular complexity index is 816. The largest absolute Gasteiger partial charge is 0.301 e. The molecule has 0 amide bonds. The lowest BCUT2D eigenvalue weighted by Gasteiger charge is -2.02. The Hall–Kier alpha value is -3.55. The fraction of sp³-hybridized carbons (Fsp3) is 0.0625. The molecule has 2 aromatic rings. The fourth-order valence-corrected chi connectivity index (χ4v) is 1.93. The van der Waals surface area contributed by atoms with E-state index in [1.165, 1.54) is 18.3 Å². The summed E-state index contributed by atoms with van der Waals surface area (Å²) in [6.45, 7) is 1.84. The molecule has 0 aliphatic heterocycles. The van der Waals surface area contributed by atoms with Crippen LogP contribution in [0, 0.1) is 20.2 Å². The van der Waals surface area contributed by atoms with Crippen molar-refractivity contribution in [2.45, 2.75) is 6.92 Å². The second-order valence-electron chi connectivity index (χ2n) is 4.88. The van der Waals surface area contributed by atoms with Gasteiger partial charge in [0.05, 0.1) is 22.1 Å². The molecule has 122 valence electrons. The van der Waals surface area contributed by atoms with Gasteiger partial charge in [-0.3, -0.25) is 25.7 Å². The molecule has 8 nitrogen and oxygen atoms in total. The van der Waals surface area contributed by atoms with E-state index in [0.29, 0.717) is 0 Å². The summed E-state index contributed by atoms with van der Waals surface area (Å²) >= 11 is 0. The zero-order chi connectivity index (χ0) is 17.5. The van der Waals surface area contributed by atoms with Gasteiger partial charge in [-0.2, -0.15) is 5.10 Å². The van der Waals surface area contributed by atoms with Crippen LogP contribution in [0.2, 0.25) is 0 Å². The van der Waals surface area contributed by atoms with Gasteiger partial charge in [-0.25, -0.2) is 0 Å². The van der Waals surface area contributed by atoms with Crippen LogP contribution in [0.25, 0.3) is 6.08 Å². The molecule has 2 aromatic carbocycles. The minimum absolute atomic E-state index is 0.0781. The minimum Gasteiger partial charge on any atom is -0.272 e. The molecule has 0 bridgehead atoms. The molecule has 0 aromatic heterocycles. The highest BCUT2D eigenvalue weighted by atomic mass is 16.6. The molecule has 1 N–H and O–H groups in total. The van der Waals surface area contributed by atoms with E-state index in [0.717, 1.165) is 17.2 Å². The van der Waals surface area contributed by atoms with Crippen molar-refractivity contribution in [2.24, 2.45) is 5.10 Å². The third-order valence-electron chi connectivity index (χ3n) is 3.04. The molecular formula is C16H14N4O4. The van der Waals surface area contributed by atoms with Crippen LogP contribution in [0.3, 0.4) is 0 Å². The zero-order valence-electron chi connectivity index (χ0n) is 12.7. The third kappa shape index (κ3) is 4.47. The van der Waals surface area contributed by atoms with Gasteiger partial charge in [-0.1, -0.05) is 36.4 Å². The number of rotatable bonds is 6. The first-order valence-electron chi connectivity index (χ1n) is 6.92. The molecule has 24 heavy (non-hydrogen) atoms. The van der Waals surface area contributed by atoms with Crippen LogP contribution < -0.4 is 5.43 Å². The molecule has 0 atom stereocenters. The quantitative estimate of drug-likeness (QED) is 0.490. The highest BCUT2D eigenvalue weighted by Gasteiger charge is 2.18. The van der Waals surface area contributed by atoms with Crippen molar-refractivity contribution in [3.05, 3.63) is 79.9 Å². The Morgan fingerprint density at radius 2 is 1.79 bits per heavy atom. The number of nitrogens with one attached hydrogen (secondary N) is 1. The molecule has 0 unspecified atom stereocenters. The molecule has 0 saturated carbocycles. The number of benzene rings is 2. The molecule has 0 spiro atoms. The molecule has 8 heteroatoms. The Morgan fingerprint density at radius 1 is 1.08 bits per heavy atom. The summed E-state index contributed by atoms with van der Waals surface area (Å²) in [6, 6.07) is 12.9. The number of anilines is 1. The van der Waals surface area contributed by atoms with E-state index in [4.69, 9.17) is 0 Å². The summed E-state index contributed by atoms with van der Waals surface area (Å²) in [5.41, 5.74) is 3.69. The van der Waals surface area contributed by atoms with Gasteiger partial charge in [0.1, 0.15) is 5.69 Å². The highest BCUT2D eigenvalue weighted by molar-refractivity contribution is 5.85. The Morgan fingerprint density at radius 3 is 2.42 bits per heavy atom. The van der Waals surface area contributed by atoms with Gasteiger partial charge in [0.15, 0.2) is 0 Å². The smallest absolute Gasteiger partial charge is 0.272 e. The summed E-state index contributed by atoms with van der Waals surface area (Å²) < 4.78 is 0. The fourth-order valence-electron chi connectivity index (χ4n) is 1.93. The second kappa shape index (κ2) is 7.63. The highest BCUT2D eigenvalue weighted by Crippen LogP contribution is 2.28. The van der Waals surface area contributed by atoms with E-state index in [1.54, 1.807) is 0 Å². The molecule has 0 aliphatic carbocycles. The number of nitro benzene ring substituents is 2. The van der Waals surface area contributed by atoms with Crippen molar-refractivity contribution in [1.82, 2.24) is 0 Å². The van der Waals surface area contributed by atoms with Gasteiger partial charge < -0.3 is 0 Å². The van der Waals surface area contributed by atoms with Gasteiger partial charge in [0.2, 0.25) is 0 Å². The number of nitro groups is 2. The van der Waals surface area contributed by atoms with Crippen LogP contribution in [0.15, 0.2) is 59.2 Å². The summed E-state index contributed by atoms with van der Waals surface area (Å²) in [5, 5.41) is 25.6. The van der Waals surface area contributed by atoms with Crippen molar-refractivity contribution in [3.63, 3.8) is 0 Å². The number of hydrogen-bond donors (Lipinski definition) is 1. The SMILES string of the molecule is CC(/C=N/Nc1ccc([N+](=O)[O-])cc1[N+](=O)[O-])=C\c1ccccc1. The van der Waals surface area contributed by atoms with Crippen LogP contribution in [-0.2, 0) is 0 Å². The third-order valence-corrected chi connectivity index (χ3v) is 3.04. The van der Waals surface area contributed by atoms with E-state index < -0.39 is 15.5 Å². The van der Waals surface area contributed by atoms with Crippen LogP contribution in [0.1, 0.15) is 12.5 Å². The minimum atomic E-state index is -0.697. The monoisotopic (exact) mass is 326 g/mol. The Kier molecular flexibility index (Phi) is 5.35. The van der Waals surface area contributed by atoms with Crippen molar-refractivity contribution in [1.29, 1.82) is 0 Å². The summed E-state index contributed by atoms with van der Waals surface area (Å²) in [4.78, 5) is 20.3. The lowest BCUT2D eigenvalue weighted by atomic mass is 10.1. The predicted molar refractivity (Wildman–Crippen MR) is 92.0 cm³/mol. The normalized spacial score (nSPS) is 11.5. The van der Waals surface area contributed by atoms with Crippen LogP contribution in [-0.4, -0.2) is 16.1 Å². The maximum Gasteiger partial charge on any atom is 0.301 e. The first kappa shape index (κ1) is 16.8. The van der Waals surface area contributed by atoms with E-state index in [9.17, 15) is 20.2 Å². The summed E-state index contributed by atoms with van der Waals surface area (Å²) in [7, 11) is 0. The van der Waals surface area contributed by atoms with Crippen molar-refractivity contribution in [2.75, 3.05) is 5.43 Å². The number of hydrazone groups is 1. The average Bonchev–Trinajstić information content (AvgIpc) is 2.55. The average molecular weight is 326 g/mol. The van der Waals surface area contributed by atoms with Crippen molar-refractivity contribution in [3.8, 4) is 0 Å². The number of nitrogens with zero attached hydrogens (tertiary/aromatic N) is 3.